The lowest BCUT2D eigenvalue weighted by Gasteiger charge is -2.09. The number of carbonyl (C=O) groups is 2. The van der Waals surface area contributed by atoms with E-state index in [1.807, 2.05) is 38.1 Å². The summed E-state index contributed by atoms with van der Waals surface area (Å²) >= 11 is 0. The first-order chi connectivity index (χ1) is 12.0. The fraction of sp³-hybridized carbons (Fsp3) is 0.300. The maximum atomic E-state index is 12.2. The summed E-state index contributed by atoms with van der Waals surface area (Å²) in [6.45, 7) is 5.13. The van der Waals surface area contributed by atoms with Crippen molar-refractivity contribution in [2.45, 2.75) is 20.4 Å². The monoisotopic (exact) mass is 340 g/mol. The van der Waals surface area contributed by atoms with Crippen molar-refractivity contribution in [1.82, 2.24) is 10.6 Å². The summed E-state index contributed by atoms with van der Waals surface area (Å²) in [5.41, 5.74) is 2.06. The zero-order valence-electron chi connectivity index (χ0n) is 14.8. The molecule has 0 aromatic heterocycles. The summed E-state index contributed by atoms with van der Waals surface area (Å²) in [6.07, 6.45) is 0. The number of benzene rings is 2. The Balaban J connectivity index is 1.90. The molecule has 2 aromatic rings. The van der Waals surface area contributed by atoms with Gasteiger partial charge < -0.3 is 15.4 Å². The molecule has 0 heterocycles. The second-order valence-electron chi connectivity index (χ2n) is 6.21. The van der Waals surface area contributed by atoms with E-state index in [1.54, 1.807) is 31.4 Å². The molecule has 0 spiro atoms. The Morgan fingerprint density at radius 1 is 0.880 bits per heavy atom. The molecule has 0 bridgehead atoms. The van der Waals surface area contributed by atoms with Crippen LogP contribution in [-0.2, 0) is 6.54 Å². The van der Waals surface area contributed by atoms with E-state index >= 15 is 0 Å². The Kier molecular flexibility index (Phi) is 6.57. The van der Waals surface area contributed by atoms with Gasteiger partial charge in [0.25, 0.3) is 11.8 Å². The highest BCUT2D eigenvalue weighted by Crippen LogP contribution is 2.11. The number of nitrogens with one attached hydrogen (secondary N) is 2. The largest absolute Gasteiger partial charge is 0.497 e. The van der Waals surface area contributed by atoms with Gasteiger partial charge in [-0.05, 0) is 47.9 Å². The van der Waals surface area contributed by atoms with E-state index in [0.29, 0.717) is 30.1 Å². The molecule has 0 unspecified atom stereocenters. The molecule has 0 saturated carbocycles. The number of methoxy groups -OCH3 is 1. The number of hydrogen-bond acceptors (Lipinski definition) is 3. The molecule has 0 aliphatic heterocycles. The Bertz CT molecular complexity index is 707. The molecule has 2 amide bonds. The molecule has 0 saturated heterocycles. The quantitative estimate of drug-likeness (QED) is 0.814. The van der Waals surface area contributed by atoms with Crippen molar-refractivity contribution in [2.75, 3.05) is 13.7 Å². The lowest BCUT2D eigenvalue weighted by Crippen LogP contribution is -2.27. The average Bonchev–Trinajstić information content (AvgIpc) is 2.64. The van der Waals surface area contributed by atoms with Gasteiger partial charge in [-0.1, -0.05) is 26.0 Å². The van der Waals surface area contributed by atoms with Gasteiger partial charge in [0.05, 0.1) is 7.11 Å². The van der Waals surface area contributed by atoms with E-state index < -0.39 is 0 Å². The van der Waals surface area contributed by atoms with E-state index in [4.69, 9.17) is 4.74 Å². The SMILES string of the molecule is COc1ccc(CNC(=O)c2ccc(C(=O)NCC(C)C)cc2)cc1. The van der Waals surface area contributed by atoms with Crippen molar-refractivity contribution in [3.63, 3.8) is 0 Å². The van der Waals surface area contributed by atoms with Crippen molar-refractivity contribution in [2.24, 2.45) is 5.92 Å². The van der Waals surface area contributed by atoms with Crippen LogP contribution >= 0.6 is 0 Å². The Hall–Kier alpha value is -2.82. The number of amides is 2. The molecule has 0 atom stereocenters. The molecule has 0 aliphatic rings. The standard InChI is InChI=1S/C20H24N2O3/c1-14(2)12-21-19(23)16-6-8-17(9-7-16)20(24)22-13-15-4-10-18(25-3)11-5-15/h4-11,14H,12-13H2,1-3H3,(H,21,23)(H,22,24). The zero-order valence-corrected chi connectivity index (χ0v) is 14.8. The van der Waals surface area contributed by atoms with Gasteiger partial charge in [0.2, 0.25) is 0 Å². The van der Waals surface area contributed by atoms with Crippen LogP contribution in [0.5, 0.6) is 5.75 Å². The topological polar surface area (TPSA) is 67.4 Å². The smallest absolute Gasteiger partial charge is 0.251 e. The first-order valence-corrected chi connectivity index (χ1v) is 8.29. The van der Waals surface area contributed by atoms with Gasteiger partial charge in [-0.3, -0.25) is 9.59 Å². The second kappa shape index (κ2) is 8.87. The first kappa shape index (κ1) is 18.5. The fourth-order valence-electron chi connectivity index (χ4n) is 2.20. The minimum atomic E-state index is -0.176. The lowest BCUT2D eigenvalue weighted by atomic mass is 10.1. The van der Waals surface area contributed by atoms with E-state index in [1.165, 1.54) is 0 Å². The number of carbonyl (C=O) groups excluding carboxylic acids is 2. The highest BCUT2D eigenvalue weighted by Gasteiger charge is 2.09. The van der Waals surface area contributed by atoms with Crippen LogP contribution in [0.25, 0.3) is 0 Å². The van der Waals surface area contributed by atoms with Gasteiger partial charge in [0, 0.05) is 24.2 Å². The van der Waals surface area contributed by atoms with Crippen LogP contribution in [0.1, 0.15) is 40.1 Å². The molecular formula is C20H24N2O3. The van der Waals surface area contributed by atoms with Crippen molar-refractivity contribution >= 4 is 11.8 Å². The molecular weight excluding hydrogens is 316 g/mol. The van der Waals surface area contributed by atoms with Gasteiger partial charge in [0.15, 0.2) is 0 Å². The molecule has 0 radical (unpaired) electrons. The van der Waals surface area contributed by atoms with Gasteiger partial charge in [-0.2, -0.15) is 0 Å². The highest BCUT2D eigenvalue weighted by molar-refractivity contribution is 5.97. The molecule has 5 heteroatoms. The number of hydrogen-bond donors (Lipinski definition) is 2. The van der Waals surface area contributed by atoms with Crippen LogP contribution in [0.3, 0.4) is 0 Å². The maximum absolute atomic E-state index is 12.2. The van der Waals surface area contributed by atoms with E-state index in [2.05, 4.69) is 10.6 Å². The second-order valence-corrected chi connectivity index (χ2v) is 6.21. The summed E-state index contributed by atoms with van der Waals surface area (Å²) < 4.78 is 5.10. The summed E-state index contributed by atoms with van der Waals surface area (Å²) in [6, 6.07) is 14.2. The van der Waals surface area contributed by atoms with Crippen molar-refractivity contribution in [1.29, 1.82) is 0 Å². The molecule has 132 valence electrons. The molecule has 2 aromatic carbocycles. The molecule has 25 heavy (non-hydrogen) atoms. The predicted molar refractivity (Wildman–Crippen MR) is 97.8 cm³/mol. The maximum Gasteiger partial charge on any atom is 0.251 e. The Morgan fingerprint density at radius 3 is 1.88 bits per heavy atom. The van der Waals surface area contributed by atoms with Gasteiger partial charge in [0.1, 0.15) is 5.75 Å². The van der Waals surface area contributed by atoms with Gasteiger partial charge >= 0.3 is 0 Å². The lowest BCUT2D eigenvalue weighted by molar-refractivity contribution is 0.0938. The number of rotatable bonds is 7. The molecule has 0 aliphatic carbocycles. The molecule has 5 nitrogen and oxygen atoms in total. The minimum Gasteiger partial charge on any atom is -0.497 e. The van der Waals surface area contributed by atoms with Crippen LogP contribution in [0.4, 0.5) is 0 Å². The van der Waals surface area contributed by atoms with Crippen LogP contribution in [0, 0.1) is 5.92 Å². The van der Waals surface area contributed by atoms with Crippen molar-refractivity contribution < 1.29 is 14.3 Å². The van der Waals surface area contributed by atoms with Gasteiger partial charge in [-0.25, -0.2) is 0 Å². The number of ether oxygens (including phenoxy) is 1. The Labute approximate surface area is 148 Å². The summed E-state index contributed by atoms with van der Waals surface area (Å²) in [7, 11) is 1.61. The van der Waals surface area contributed by atoms with Crippen molar-refractivity contribution in [3.05, 3.63) is 65.2 Å². The normalized spacial score (nSPS) is 10.4. The molecule has 2 rings (SSSR count). The molecule has 2 N–H and O–H groups in total. The van der Waals surface area contributed by atoms with E-state index in [9.17, 15) is 9.59 Å². The third kappa shape index (κ3) is 5.64. The van der Waals surface area contributed by atoms with E-state index in [0.717, 1.165) is 11.3 Å². The van der Waals surface area contributed by atoms with Crippen LogP contribution in [0.2, 0.25) is 0 Å². The Morgan fingerprint density at radius 2 is 1.40 bits per heavy atom. The fourth-order valence-corrected chi connectivity index (χ4v) is 2.20. The van der Waals surface area contributed by atoms with Crippen LogP contribution < -0.4 is 15.4 Å². The predicted octanol–water partition coefficient (Wildman–Crippen LogP) is 3.01. The van der Waals surface area contributed by atoms with Crippen LogP contribution in [0.15, 0.2) is 48.5 Å². The third-order valence-electron chi connectivity index (χ3n) is 3.69. The zero-order chi connectivity index (χ0) is 18.2. The third-order valence-corrected chi connectivity index (χ3v) is 3.69. The van der Waals surface area contributed by atoms with E-state index in [-0.39, 0.29) is 11.8 Å². The summed E-state index contributed by atoms with van der Waals surface area (Å²) in [4.78, 5) is 24.2. The highest BCUT2D eigenvalue weighted by atomic mass is 16.5. The van der Waals surface area contributed by atoms with Crippen molar-refractivity contribution in [3.8, 4) is 5.75 Å². The minimum absolute atomic E-state index is 0.126. The summed E-state index contributed by atoms with van der Waals surface area (Å²) in [5, 5.41) is 5.71. The summed E-state index contributed by atoms with van der Waals surface area (Å²) in [5.74, 6) is 0.872. The molecule has 0 fully saturated rings. The first-order valence-electron chi connectivity index (χ1n) is 8.29. The average molecular weight is 340 g/mol. The van der Waals surface area contributed by atoms with Gasteiger partial charge in [-0.15, -0.1) is 0 Å². The van der Waals surface area contributed by atoms with Crippen LogP contribution in [-0.4, -0.2) is 25.5 Å².